The SMILES string of the molecule is CC(N)/C=C(/CCO)CP(=O)(O)O. The average molecular weight is 209 g/mol. The zero-order valence-electron chi connectivity index (χ0n) is 7.55. The third-order valence-corrected chi connectivity index (χ3v) is 2.16. The van der Waals surface area contributed by atoms with E-state index in [4.69, 9.17) is 20.6 Å². The summed E-state index contributed by atoms with van der Waals surface area (Å²) in [6.45, 7) is 1.58. The number of hydrogen-bond donors (Lipinski definition) is 4. The molecule has 0 aliphatic heterocycles. The molecule has 5 nitrogen and oxygen atoms in total. The van der Waals surface area contributed by atoms with E-state index >= 15 is 0 Å². The second-order valence-electron chi connectivity index (χ2n) is 2.98. The van der Waals surface area contributed by atoms with Crippen LogP contribution in [0.5, 0.6) is 0 Å². The minimum Gasteiger partial charge on any atom is -0.396 e. The van der Waals surface area contributed by atoms with Gasteiger partial charge in [0.15, 0.2) is 0 Å². The summed E-state index contributed by atoms with van der Waals surface area (Å²) in [5, 5.41) is 8.61. The molecular weight excluding hydrogens is 193 g/mol. The predicted molar refractivity (Wildman–Crippen MR) is 50.3 cm³/mol. The summed E-state index contributed by atoms with van der Waals surface area (Å²) < 4.78 is 10.6. The van der Waals surface area contributed by atoms with Crippen molar-refractivity contribution in [3.05, 3.63) is 11.6 Å². The number of rotatable bonds is 5. The van der Waals surface area contributed by atoms with Gasteiger partial charge in [0.25, 0.3) is 0 Å². The van der Waals surface area contributed by atoms with Crippen LogP contribution >= 0.6 is 7.60 Å². The molecule has 0 aromatic rings. The van der Waals surface area contributed by atoms with Crippen LogP contribution in [0.2, 0.25) is 0 Å². The summed E-state index contributed by atoms with van der Waals surface area (Å²) in [5.41, 5.74) is 5.94. The first kappa shape index (κ1) is 12.8. The summed E-state index contributed by atoms with van der Waals surface area (Å²) in [4.78, 5) is 17.4. The number of nitrogens with two attached hydrogens (primary N) is 1. The molecule has 0 aliphatic rings. The molecule has 0 aromatic heterocycles. The zero-order chi connectivity index (χ0) is 10.5. The van der Waals surface area contributed by atoms with Gasteiger partial charge in [0, 0.05) is 12.6 Å². The van der Waals surface area contributed by atoms with Crippen LogP contribution in [-0.2, 0) is 4.57 Å². The van der Waals surface area contributed by atoms with Crippen LogP contribution in [0.25, 0.3) is 0 Å². The van der Waals surface area contributed by atoms with Crippen molar-refractivity contribution >= 4 is 7.60 Å². The van der Waals surface area contributed by atoms with Crippen molar-refractivity contribution in [3.63, 3.8) is 0 Å². The average Bonchev–Trinajstić information content (AvgIpc) is 1.81. The predicted octanol–water partition coefficient (Wildman–Crippen LogP) is -0.180. The van der Waals surface area contributed by atoms with Gasteiger partial charge in [-0.25, -0.2) is 0 Å². The van der Waals surface area contributed by atoms with Gasteiger partial charge in [-0.1, -0.05) is 11.6 Å². The molecule has 0 spiro atoms. The van der Waals surface area contributed by atoms with Crippen LogP contribution in [0, 0.1) is 0 Å². The highest BCUT2D eigenvalue weighted by molar-refractivity contribution is 7.52. The van der Waals surface area contributed by atoms with Gasteiger partial charge >= 0.3 is 7.60 Å². The summed E-state index contributed by atoms with van der Waals surface area (Å²) in [5.74, 6) is 0. The third kappa shape index (κ3) is 8.15. The Labute approximate surface area is 77.4 Å². The van der Waals surface area contributed by atoms with Gasteiger partial charge in [0.2, 0.25) is 0 Å². The van der Waals surface area contributed by atoms with Crippen molar-refractivity contribution < 1.29 is 19.5 Å². The van der Waals surface area contributed by atoms with Crippen molar-refractivity contribution in [1.82, 2.24) is 0 Å². The topological polar surface area (TPSA) is 104 Å². The molecule has 0 saturated heterocycles. The van der Waals surface area contributed by atoms with E-state index in [2.05, 4.69) is 0 Å². The number of hydrogen-bond acceptors (Lipinski definition) is 3. The van der Waals surface area contributed by atoms with Crippen LogP contribution in [0.1, 0.15) is 13.3 Å². The molecule has 0 saturated carbocycles. The third-order valence-electron chi connectivity index (χ3n) is 1.34. The molecule has 0 bridgehead atoms. The summed E-state index contributed by atoms with van der Waals surface area (Å²) >= 11 is 0. The summed E-state index contributed by atoms with van der Waals surface area (Å²) in [6, 6.07) is -0.256. The van der Waals surface area contributed by atoms with E-state index in [1.807, 2.05) is 0 Å². The van der Waals surface area contributed by atoms with E-state index < -0.39 is 7.60 Å². The lowest BCUT2D eigenvalue weighted by molar-refractivity contribution is 0.298. The standard InChI is InChI=1S/C7H16NO4P/c1-6(8)4-7(2-3-9)5-13(10,11)12/h4,6,9H,2-3,5,8H2,1H3,(H2,10,11,12)/b7-4-. The van der Waals surface area contributed by atoms with E-state index in [0.29, 0.717) is 5.57 Å². The Balaban J connectivity index is 4.35. The molecule has 0 radical (unpaired) electrons. The molecule has 13 heavy (non-hydrogen) atoms. The normalized spacial score (nSPS) is 15.9. The van der Waals surface area contributed by atoms with Crippen molar-refractivity contribution in [2.24, 2.45) is 5.73 Å². The maximum absolute atomic E-state index is 10.6. The van der Waals surface area contributed by atoms with Crippen molar-refractivity contribution in [2.45, 2.75) is 19.4 Å². The highest BCUT2D eigenvalue weighted by Gasteiger charge is 2.15. The lowest BCUT2D eigenvalue weighted by Crippen LogP contribution is -2.13. The van der Waals surface area contributed by atoms with Crippen LogP contribution < -0.4 is 5.73 Å². The Bertz CT molecular complexity index is 221. The van der Waals surface area contributed by atoms with Crippen LogP contribution in [0.4, 0.5) is 0 Å². The fraction of sp³-hybridized carbons (Fsp3) is 0.714. The van der Waals surface area contributed by atoms with Gasteiger partial charge in [0.1, 0.15) is 0 Å². The minimum absolute atomic E-state index is 0.126. The van der Waals surface area contributed by atoms with Crippen molar-refractivity contribution in [1.29, 1.82) is 0 Å². The maximum Gasteiger partial charge on any atom is 0.329 e. The monoisotopic (exact) mass is 209 g/mol. The molecule has 0 rings (SSSR count). The van der Waals surface area contributed by atoms with E-state index in [9.17, 15) is 4.57 Å². The largest absolute Gasteiger partial charge is 0.396 e. The lowest BCUT2D eigenvalue weighted by Gasteiger charge is -2.08. The fourth-order valence-corrected chi connectivity index (χ4v) is 1.79. The van der Waals surface area contributed by atoms with E-state index in [0.717, 1.165) is 0 Å². The molecule has 0 amide bonds. The van der Waals surface area contributed by atoms with Gasteiger partial charge in [0.05, 0.1) is 6.16 Å². The molecule has 78 valence electrons. The van der Waals surface area contributed by atoms with Crippen LogP contribution in [0.15, 0.2) is 11.6 Å². The Hall–Kier alpha value is -0.190. The highest BCUT2D eigenvalue weighted by Crippen LogP contribution is 2.37. The van der Waals surface area contributed by atoms with Gasteiger partial charge in [-0.05, 0) is 13.3 Å². The Kier molecular flexibility index (Phi) is 5.44. The molecule has 1 atom stereocenters. The quantitative estimate of drug-likeness (QED) is 0.371. The van der Waals surface area contributed by atoms with Gasteiger partial charge in [-0.3, -0.25) is 4.57 Å². The Morgan fingerprint density at radius 3 is 2.46 bits per heavy atom. The van der Waals surface area contributed by atoms with E-state index in [1.54, 1.807) is 13.0 Å². The number of aliphatic hydroxyl groups excluding tert-OH is 1. The molecule has 0 heterocycles. The van der Waals surface area contributed by atoms with E-state index in [1.165, 1.54) is 0 Å². The molecule has 0 aromatic carbocycles. The van der Waals surface area contributed by atoms with Gasteiger partial charge < -0.3 is 20.6 Å². The van der Waals surface area contributed by atoms with Crippen LogP contribution in [-0.4, -0.2) is 33.7 Å². The molecule has 1 unspecified atom stereocenters. The minimum atomic E-state index is -4.04. The van der Waals surface area contributed by atoms with Crippen molar-refractivity contribution in [3.8, 4) is 0 Å². The summed E-state index contributed by atoms with van der Waals surface area (Å²) in [7, 11) is -4.04. The highest BCUT2D eigenvalue weighted by atomic mass is 31.2. The maximum atomic E-state index is 10.6. The Morgan fingerprint density at radius 2 is 2.15 bits per heavy atom. The lowest BCUT2D eigenvalue weighted by atomic mass is 10.1. The summed E-state index contributed by atoms with van der Waals surface area (Å²) in [6.07, 6.45) is 1.50. The number of aliphatic hydroxyl groups is 1. The Morgan fingerprint density at radius 1 is 1.62 bits per heavy atom. The van der Waals surface area contributed by atoms with Gasteiger partial charge in [-0.15, -0.1) is 0 Å². The smallest absolute Gasteiger partial charge is 0.329 e. The first-order valence-electron chi connectivity index (χ1n) is 3.95. The first-order chi connectivity index (χ1) is 5.85. The molecule has 0 fully saturated rings. The van der Waals surface area contributed by atoms with Gasteiger partial charge in [-0.2, -0.15) is 0 Å². The molecular formula is C7H16NO4P. The molecule has 0 aliphatic carbocycles. The molecule has 6 heteroatoms. The zero-order valence-corrected chi connectivity index (χ0v) is 8.44. The second kappa shape index (κ2) is 5.52. The second-order valence-corrected chi connectivity index (χ2v) is 4.63. The first-order valence-corrected chi connectivity index (χ1v) is 5.75. The van der Waals surface area contributed by atoms with Crippen LogP contribution in [0.3, 0.4) is 0 Å². The van der Waals surface area contributed by atoms with E-state index in [-0.39, 0.29) is 25.2 Å². The fourth-order valence-electron chi connectivity index (χ4n) is 0.995. The molecule has 5 N–H and O–H groups in total. The van der Waals surface area contributed by atoms with Crippen molar-refractivity contribution in [2.75, 3.05) is 12.8 Å².